The summed E-state index contributed by atoms with van der Waals surface area (Å²) in [6.07, 6.45) is 5.52. The lowest BCUT2D eigenvalue weighted by Gasteiger charge is -2.74. The van der Waals surface area contributed by atoms with Crippen molar-refractivity contribution in [2.75, 3.05) is 0 Å². The van der Waals surface area contributed by atoms with Crippen LogP contribution in [0.4, 0.5) is 0 Å². The fourth-order valence-corrected chi connectivity index (χ4v) is 3.74. The standard InChI is InChI=1S/C10H14O/c1-6(11)8-5-10-3-2-7(10)4-9(8)10/h7-9H,2-5H2,1H3/t7-,8-,9+,10-/m0/s1. The van der Waals surface area contributed by atoms with E-state index in [0.717, 1.165) is 17.3 Å². The molecule has 11 heavy (non-hydrogen) atoms. The zero-order valence-corrected chi connectivity index (χ0v) is 6.97. The monoisotopic (exact) mass is 150 g/mol. The lowest BCUT2D eigenvalue weighted by molar-refractivity contribution is -0.247. The van der Waals surface area contributed by atoms with Crippen molar-refractivity contribution < 1.29 is 4.79 Å². The predicted molar refractivity (Wildman–Crippen MR) is 42.1 cm³/mol. The number of carbonyl (C=O) groups is 1. The largest absolute Gasteiger partial charge is 0.300 e. The summed E-state index contributed by atoms with van der Waals surface area (Å²) in [5, 5.41) is 0. The second kappa shape index (κ2) is 1.55. The predicted octanol–water partition coefficient (Wildman–Crippen LogP) is 2.01. The molecule has 3 rings (SSSR count). The molecule has 0 radical (unpaired) electrons. The van der Waals surface area contributed by atoms with E-state index in [4.69, 9.17) is 0 Å². The highest BCUT2D eigenvalue weighted by Gasteiger charge is 2.70. The van der Waals surface area contributed by atoms with Gasteiger partial charge in [0.1, 0.15) is 5.78 Å². The molecule has 0 amide bonds. The summed E-state index contributed by atoms with van der Waals surface area (Å²) in [5.74, 6) is 2.80. The minimum Gasteiger partial charge on any atom is -0.300 e. The maximum Gasteiger partial charge on any atom is 0.133 e. The van der Waals surface area contributed by atoms with Crippen molar-refractivity contribution in [3.8, 4) is 0 Å². The normalized spacial score (nSPS) is 57.7. The SMILES string of the molecule is CC(=O)[C@@H]1C[C@@]23CC[C@H]2C[C@H]13. The highest BCUT2D eigenvalue weighted by Crippen LogP contribution is 2.76. The Kier molecular flexibility index (Phi) is 0.875. The molecule has 3 saturated carbocycles. The molecule has 0 N–H and O–H groups in total. The number of ketones is 1. The summed E-state index contributed by atoms with van der Waals surface area (Å²) in [4.78, 5) is 11.1. The van der Waals surface area contributed by atoms with Gasteiger partial charge in [-0.05, 0) is 49.9 Å². The topological polar surface area (TPSA) is 17.1 Å². The van der Waals surface area contributed by atoms with Crippen molar-refractivity contribution in [3.05, 3.63) is 0 Å². The summed E-state index contributed by atoms with van der Waals surface area (Å²) in [6, 6.07) is 0. The second-order valence-electron chi connectivity index (χ2n) is 4.73. The van der Waals surface area contributed by atoms with Crippen molar-refractivity contribution in [1.82, 2.24) is 0 Å². The van der Waals surface area contributed by atoms with Gasteiger partial charge in [-0.2, -0.15) is 0 Å². The smallest absolute Gasteiger partial charge is 0.133 e. The van der Waals surface area contributed by atoms with Gasteiger partial charge in [-0.15, -0.1) is 0 Å². The van der Waals surface area contributed by atoms with Gasteiger partial charge in [0.2, 0.25) is 0 Å². The molecule has 3 aliphatic carbocycles. The van der Waals surface area contributed by atoms with Crippen LogP contribution in [-0.2, 0) is 4.79 Å². The van der Waals surface area contributed by atoms with Gasteiger partial charge in [-0.1, -0.05) is 0 Å². The maximum atomic E-state index is 11.1. The fourth-order valence-electron chi connectivity index (χ4n) is 3.74. The van der Waals surface area contributed by atoms with Crippen molar-refractivity contribution in [2.24, 2.45) is 23.2 Å². The highest BCUT2D eigenvalue weighted by molar-refractivity contribution is 5.80. The first-order valence-electron chi connectivity index (χ1n) is 4.74. The molecule has 1 heteroatoms. The van der Waals surface area contributed by atoms with Crippen LogP contribution >= 0.6 is 0 Å². The summed E-state index contributed by atoms with van der Waals surface area (Å²) in [7, 11) is 0. The van der Waals surface area contributed by atoms with Crippen LogP contribution in [0.15, 0.2) is 0 Å². The maximum absolute atomic E-state index is 11.1. The Labute approximate surface area is 67.2 Å². The Morgan fingerprint density at radius 2 is 2.36 bits per heavy atom. The molecule has 60 valence electrons. The average molecular weight is 150 g/mol. The molecule has 3 aliphatic rings. The first-order valence-corrected chi connectivity index (χ1v) is 4.74. The average Bonchev–Trinajstić information content (AvgIpc) is 1.83. The molecule has 0 aromatic carbocycles. The van der Waals surface area contributed by atoms with Gasteiger partial charge in [-0.25, -0.2) is 0 Å². The van der Waals surface area contributed by atoms with Gasteiger partial charge in [0.25, 0.3) is 0 Å². The van der Waals surface area contributed by atoms with Gasteiger partial charge >= 0.3 is 0 Å². The third kappa shape index (κ3) is 0.473. The van der Waals surface area contributed by atoms with Crippen LogP contribution < -0.4 is 0 Å². The molecule has 0 saturated heterocycles. The lowest BCUT2D eigenvalue weighted by Crippen LogP contribution is -2.68. The Balaban J connectivity index is 1.78. The van der Waals surface area contributed by atoms with Crippen LogP contribution in [0.5, 0.6) is 0 Å². The van der Waals surface area contributed by atoms with E-state index >= 15 is 0 Å². The van der Waals surface area contributed by atoms with E-state index in [9.17, 15) is 4.79 Å². The number of hydrogen-bond acceptors (Lipinski definition) is 1. The van der Waals surface area contributed by atoms with E-state index in [1.807, 2.05) is 0 Å². The Bertz CT molecular complexity index is 233. The molecule has 0 unspecified atom stereocenters. The molecule has 4 atom stereocenters. The van der Waals surface area contributed by atoms with E-state index in [1.165, 1.54) is 25.7 Å². The minimum atomic E-state index is 0.450. The van der Waals surface area contributed by atoms with Gasteiger partial charge in [0.05, 0.1) is 0 Å². The molecule has 0 aromatic heterocycles. The molecule has 3 fully saturated rings. The number of hydrogen-bond donors (Lipinski definition) is 0. The molecule has 0 heterocycles. The van der Waals surface area contributed by atoms with Crippen LogP contribution in [0.3, 0.4) is 0 Å². The summed E-state index contributed by atoms with van der Waals surface area (Å²) < 4.78 is 0. The minimum absolute atomic E-state index is 0.450. The number of rotatable bonds is 1. The molecule has 1 spiro atoms. The van der Waals surface area contributed by atoms with Crippen molar-refractivity contribution in [3.63, 3.8) is 0 Å². The Hall–Kier alpha value is -0.330. The third-order valence-corrected chi connectivity index (χ3v) is 4.66. The van der Waals surface area contributed by atoms with E-state index < -0.39 is 0 Å². The fraction of sp³-hybridized carbons (Fsp3) is 0.900. The summed E-state index contributed by atoms with van der Waals surface area (Å²) >= 11 is 0. The van der Waals surface area contributed by atoms with Gasteiger partial charge in [0, 0.05) is 5.92 Å². The molecular weight excluding hydrogens is 136 g/mol. The van der Waals surface area contributed by atoms with E-state index in [0.29, 0.717) is 11.7 Å². The van der Waals surface area contributed by atoms with E-state index in [2.05, 4.69) is 0 Å². The first kappa shape index (κ1) is 6.22. The molecule has 0 bridgehead atoms. The van der Waals surface area contributed by atoms with Crippen molar-refractivity contribution in [1.29, 1.82) is 0 Å². The van der Waals surface area contributed by atoms with Gasteiger partial charge in [-0.3, -0.25) is 4.79 Å². The second-order valence-corrected chi connectivity index (χ2v) is 4.73. The van der Waals surface area contributed by atoms with Crippen molar-refractivity contribution in [2.45, 2.75) is 32.6 Å². The third-order valence-electron chi connectivity index (χ3n) is 4.66. The molecule has 0 aromatic rings. The van der Waals surface area contributed by atoms with Crippen molar-refractivity contribution >= 4 is 5.78 Å². The van der Waals surface area contributed by atoms with E-state index in [-0.39, 0.29) is 0 Å². The molecular formula is C10H14O. The first-order chi connectivity index (χ1) is 5.24. The summed E-state index contributed by atoms with van der Waals surface area (Å²) in [6.45, 7) is 1.77. The van der Waals surface area contributed by atoms with Crippen LogP contribution in [0.25, 0.3) is 0 Å². The zero-order valence-electron chi connectivity index (χ0n) is 6.97. The Morgan fingerprint density at radius 1 is 1.55 bits per heavy atom. The van der Waals surface area contributed by atoms with Gasteiger partial charge in [0.15, 0.2) is 0 Å². The quantitative estimate of drug-likeness (QED) is 0.559. The Morgan fingerprint density at radius 3 is 2.64 bits per heavy atom. The molecule has 1 nitrogen and oxygen atoms in total. The van der Waals surface area contributed by atoms with Crippen LogP contribution in [0, 0.1) is 23.2 Å². The highest BCUT2D eigenvalue weighted by atomic mass is 16.1. The van der Waals surface area contributed by atoms with E-state index in [1.54, 1.807) is 6.92 Å². The van der Waals surface area contributed by atoms with Crippen LogP contribution in [0.2, 0.25) is 0 Å². The molecule has 0 aliphatic heterocycles. The lowest BCUT2D eigenvalue weighted by atomic mass is 9.30. The summed E-state index contributed by atoms with van der Waals surface area (Å²) in [5.41, 5.74) is 0.732. The van der Waals surface area contributed by atoms with Crippen LogP contribution in [-0.4, -0.2) is 5.78 Å². The number of Topliss-reactive ketones (excluding diaryl/α,β-unsaturated/α-hetero) is 1. The number of carbonyl (C=O) groups excluding carboxylic acids is 1. The van der Waals surface area contributed by atoms with Crippen LogP contribution in [0.1, 0.15) is 32.6 Å². The zero-order chi connectivity index (χ0) is 7.64. The van der Waals surface area contributed by atoms with Gasteiger partial charge < -0.3 is 0 Å².